The van der Waals surface area contributed by atoms with Gasteiger partial charge in [0.15, 0.2) is 12.4 Å². The van der Waals surface area contributed by atoms with Gasteiger partial charge >= 0.3 is 15.3 Å². The Bertz CT molecular complexity index is 563. The molecule has 1 unspecified atom stereocenters. The Labute approximate surface area is 91.3 Å². The molecule has 1 aromatic rings. The van der Waals surface area contributed by atoms with E-state index in [0.717, 1.165) is 0 Å². The van der Waals surface area contributed by atoms with Gasteiger partial charge in [-0.25, -0.2) is 4.99 Å². The molecule has 2 rings (SSSR count). The Balaban J connectivity index is 2.59. The van der Waals surface area contributed by atoms with Crippen LogP contribution in [0.3, 0.4) is 0 Å². The number of nitrogens with zero attached hydrogens (tertiary/aromatic N) is 1. The Morgan fingerprint density at radius 3 is 2.69 bits per heavy atom. The van der Waals surface area contributed by atoms with Crippen molar-refractivity contribution in [1.29, 1.82) is 0 Å². The molecule has 1 heterocycles. The van der Waals surface area contributed by atoms with Gasteiger partial charge in [0, 0.05) is 5.56 Å². The monoisotopic (exact) mass is 241 g/mol. The fourth-order valence-electron chi connectivity index (χ4n) is 1.35. The summed E-state index contributed by atoms with van der Waals surface area (Å²) in [5.41, 5.74) is 0.753. The van der Waals surface area contributed by atoms with E-state index in [9.17, 15) is 13.2 Å². The van der Waals surface area contributed by atoms with Crippen LogP contribution in [0, 0.1) is 0 Å². The number of aldehydes is 1. The van der Waals surface area contributed by atoms with Gasteiger partial charge in [0.25, 0.3) is 0 Å². The zero-order valence-corrected chi connectivity index (χ0v) is 8.72. The van der Waals surface area contributed by atoms with Crippen molar-refractivity contribution in [2.45, 2.75) is 6.10 Å². The van der Waals surface area contributed by atoms with Crippen molar-refractivity contribution < 1.29 is 22.5 Å². The van der Waals surface area contributed by atoms with Crippen LogP contribution in [0.5, 0.6) is 0 Å². The lowest BCUT2D eigenvalue weighted by atomic mass is 10.1. The third-order valence-electron chi connectivity index (χ3n) is 2.03. The maximum absolute atomic E-state index is 10.8. The highest BCUT2D eigenvalue weighted by atomic mass is 32.2. The third kappa shape index (κ3) is 1.82. The molecule has 0 saturated carbocycles. The number of hydrogen-bond acceptors (Lipinski definition) is 5. The average molecular weight is 241 g/mol. The van der Waals surface area contributed by atoms with Crippen LogP contribution in [-0.4, -0.2) is 24.5 Å². The van der Waals surface area contributed by atoms with Gasteiger partial charge in [-0.1, -0.05) is 18.2 Å². The second-order valence-electron chi connectivity index (χ2n) is 3.09. The van der Waals surface area contributed by atoms with Crippen LogP contribution < -0.4 is 0 Å². The summed E-state index contributed by atoms with van der Waals surface area (Å²) in [7, 11) is -4.54. The normalized spacial score (nSPS) is 19.3. The Morgan fingerprint density at radius 1 is 1.38 bits per heavy atom. The van der Waals surface area contributed by atoms with E-state index in [1.807, 2.05) is 0 Å². The van der Waals surface area contributed by atoms with Crippen LogP contribution in [0.25, 0.3) is 0 Å². The maximum atomic E-state index is 10.8. The molecule has 6 nitrogen and oxygen atoms in total. The Morgan fingerprint density at radius 2 is 2.06 bits per heavy atom. The molecular weight excluding hydrogens is 234 g/mol. The van der Waals surface area contributed by atoms with Gasteiger partial charge in [0.05, 0.1) is 5.69 Å². The molecule has 0 aliphatic carbocycles. The fourth-order valence-corrected chi connectivity index (χ4v) is 1.79. The van der Waals surface area contributed by atoms with Gasteiger partial charge < -0.3 is 4.74 Å². The molecule has 0 spiro atoms. The predicted molar refractivity (Wildman–Crippen MR) is 55.0 cm³/mol. The highest BCUT2D eigenvalue weighted by molar-refractivity contribution is 8.01. The summed E-state index contributed by atoms with van der Waals surface area (Å²) < 4.78 is 35.2. The number of ether oxygens (including phenoxy) is 1. The van der Waals surface area contributed by atoms with Crippen molar-refractivity contribution in [3.63, 3.8) is 0 Å². The first-order valence-corrected chi connectivity index (χ1v) is 5.73. The van der Waals surface area contributed by atoms with Crippen molar-refractivity contribution >= 4 is 27.3 Å². The molecule has 0 aromatic heterocycles. The number of hydrogen-bond donors (Lipinski definition) is 1. The maximum Gasteiger partial charge on any atom is 0.347 e. The number of para-hydroxylation sites is 1. The minimum absolute atomic E-state index is 0.290. The van der Waals surface area contributed by atoms with Crippen LogP contribution in [-0.2, 0) is 19.6 Å². The molecule has 16 heavy (non-hydrogen) atoms. The number of carbonyl (C=O) groups is 1. The van der Waals surface area contributed by atoms with Gasteiger partial charge in [-0.2, -0.15) is 8.42 Å². The molecule has 1 N–H and O–H groups in total. The SMILES string of the molecule is O=CC1OC(S(=O)(=O)O)=Nc2ccccc21. The molecule has 0 fully saturated rings. The van der Waals surface area contributed by atoms with Crippen LogP contribution in [0.4, 0.5) is 5.69 Å². The van der Waals surface area contributed by atoms with Gasteiger partial charge in [-0.05, 0) is 6.07 Å². The van der Waals surface area contributed by atoms with Crippen LogP contribution in [0.2, 0.25) is 0 Å². The first-order valence-electron chi connectivity index (χ1n) is 4.29. The van der Waals surface area contributed by atoms with Crippen molar-refractivity contribution in [2.24, 2.45) is 4.99 Å². The Kier molecular flexibility index (Phi) is 2.49. The summed E-state index contributed by atoms with van der Waals surface area (Å²) >= 11 is 0. The molecule has 0 saturated heterocycles. The molecule has 7 heteroatoms. The van der Waals surface area contributed by atoms with Gasteiger partial charge in [-0.3, -0.25) is 9.35 Å². The minimum Gasteiger partial charge on any atom is -0.452 e. The predicted octanol–water partition coefficient (Wildman–Crippen LogP) is 0.832. The first kappa shape index (κ1) is 10.8. The second kappa shape index (κ2) is 3.69. The standard InChI is InChI=1S/C9H7NO5S/c11-5-8-6-3-1-2-4-7(6)10-9(15-8)16(12,13)14/h1-5,8H,(H,12,13,14). The lowest BCUT2D eigenvalue weighted by Gasteiger charge is -2.19. The highest BCUT2D eigenvalue weighted by Crippen LogP contribution is 2.32. The summed E-state index contributed by atoms with van der Waals surface area (Å²) in [6, 6.07) is 6.43. The fraction of sp³-hybridized carbons (Fsp3) is 0.111. The van der Waals surface area contributed by atoms with Crippen molar-refractivity contribution in [1.82, 2.24) is 0 Å². The van der Waals surface area contributed by atoms with E-state index in [4.69, 9.17) is 9.29 Å². The van der Waals surface area contributed by atoms with Crippen molar-refractivity contribution in [3.05, 3.63) is 29.8 Å². The summed E-state index contributed by atoms with van der Waals surface area (Å²) in [6.07, 6.45) is -0.621. The molecular formula is C9H7NO5S. The molecule has 84 valence electrons. The van der Waals surface area contributed by atoms with Crippen LogP contribution in [0.1, 0.15) is 11.7 Å². The van der Waals surface area contributed by atoms with Gasteiger partial charge in [0.2, 0.25) is 0 Å². The van der Waals surface area contributed by atoms with E-state index in [-0.39, 0.29) is 0 Å². The minimum atomic E-state index is -4.54. The van der Waals surface area contributed by atoms with Crippen molar-refractivity contribution in [2.75, 3.05) is 0 Å². The molecule has 1 aromatic carbocycles. The van der Waals surface area contributed by atoms with Gasteiger partial charge in [-0.15, -0.1) is 0 Å². The average Bonchev–Trinajstić information content (AvgIpc) is 2.26. The highest BCUT2D eigenvalue weighted by Gasteiger charge is 2.29. The zero-order valence-electron chi connectivity index (χ0n) is 7.90. The van der Waals surface area contributed by atoms with Crippen molar-refractivity contribution in [3.8, 4) is 0 Å². The van der Waals surface area contributed by atoms with E-state index >= 15 is 0 Å². The van der Waals surface area contributed by atoms with E-state index < -0.39 is 21.5 Å². The van der Waals surface area contributed by atoms with E-state index in [0.29, 0.717) is 17.5 Å². The lowest BCUT2D eigenvalue weighted by molar-refractivity contribution is -0.114. The summed E-state index contributed by atoms with van der Waals surface area (Å²) in [6.45, 7) is 0. The molecule has 1 aliphatic heterocycles. The summed E-state index contributed by atoms with van der Waals surface area (Å²) in [5, 5.41) is -0.858. The number of rotatable bonds is 1. The zero-order chi connectivity index (χ0) is 11.8. The molecule has 0 bridgehead atoms. The topological polar surface area (TPSA) is 93.0 Å². The number of carbonyl (C=O) groups excluding carboxylic acids is 1. The molecule has 0 amide bonds. The number of fused-ring (bicyclic) bond motifs is 1. The van der Waals surface area contributed by atoms with E-state index in [2.05, 4.69) is 4.99 Å². The number of benzene rings is 1. The second-order valence-corrected chi connectivity index (χ2v) is 4.39. The van der Waals surface area contributed by atoms with E-state index in [1.54, 1.807) is 18.2 Å². The van der Waals surface area contributed by atoms with E-state index in [1.165, 1.54) is 6.07 Å². The third-order valence-corrected chi connectivity index (χ3v) is 2.66. The van der Waals surface area contributed by atoms with Crippen LogP contribution in [0.15, 0.2) is 29.3 Å². The molecule has 0 radical (unpaired) electrons. The smallest absolute Gasteiger partial charge is 0.347 e. The van der Waals surface area contributed by atoms with Gasteiger partial charge in [0.1, 0.15) is 0 Å². The first-order chi connectivity index (χ1) is 7.52. The molecule has 1 aliphatic rings. The number of aliphatic imine (C=N–C) groups is 1. The largest absolute Gasteiger partial charge is 0.452 e. The summed E-state index contributed by atoms with van der Waals surface area (Å²) in [4.78, 5) is 14.4. The molecule has 1 atom stereocenters. The quantitative estimate of drug-likeness (QED) is 0.580. The van der Waals surface area contributed by atoms with Crippen LogP contribution >= 0.6 is 0 Å². The Hall–Kier alpha value is -1.73. The lowest BCUT2D eigenvalue weighted by Crippen LogP contribution is -2.23. The summed E-state index contributed by atoms with van der Waals surface area (Å²) in [5.74, 6) is 0.